The lowest BCUT2D eigenvalue weighted by molar-refractivity contribution is 0.352. The molecule has 0 aromatic heterocycles. The first-order valence-corrected chi connectivity index (χ1v) is 10.4. The largest absolute Gasteiger partial charge is 0.497 e. The number of nitrogens with zero attached hydrogens (tertiary/aromatic N) is 1. The third kappa shape index (κ3) is 3.62. The Labute approximate surface area is 165 Å². The predicted molar refractivity (Wildman–Crippen MR) is 105 cm³/mol. The first-order chi connectivity index (χ1) is 13.5. The highest BCUT2D eigenvalue weighted by Crippen LogP contribution is 2.42. The highest BCUT2D eigenvalue weighted by atomic mass is 32.2. The number of ether oxygens (including phenoxy) is 4. The molecule has 152 valence electrons. The van der Waals surface area contributed by atoms with Crippen LogP contribution in [-0.4, -0.2) is 47.7 Å². The molecule has 1 aliphatic rings. The number of hydrogen-bond donors (Lipinski definition) is 0. The van der Waals surface area contributed by atoms with Crippen LogP contribution >= 0.6 is 0 Å². The summed E-state index contributed by atoms with van der Waals surface area (Å²) in [7, 11) is 2.41. The van der Waals surface area contributed by atoms with E-state index >= 15 is 0 Å². The number of rotatable bonds is 7. The molecular formula is C20H25NO6S. The minimum atomic E-state index is -3.74. The van der Waals surface area contributed by atoms with Crippen LogP contribution in [-0.2, 0) is 10.0 Å². The van der Waals surface area contributed by atoms with E-state index in [1.54, 1.807) is 32.4 Å². The second-order valence-electron chi connectivity index (χ2n) is 6.40. The van der Waals surface area contributed by atoms with Crippen molar-refractivity contribution in [1.82, 2.24) is 4.31 Å². The third-order valence-corrected chi connectivity index (χ3v) is 6.87. The number of sulfonamides is 1. The Morgan fingerprint density at radius 3 is 2.18 bits per heavy atom. The number of methoxy groups -OCH3 is 4. The van der Waals surface area contributed by atoms with E-state index in [1.165, 1.54) is 30.7 Å². The minimum Gasteiger partial charge on any atom is -0.497 e. The molecule has 8 heteroatoms. The second-order valence-corrected chi connectivity index (χ2v) is 8.29. The van der Waals surface area contributed by atoms with Crippen LogP contribution in [0, 0.1) is 0 Å². The maximum Gasteiger partial charge on any atom is 0.243 e. The van der Waals surface area contributed by atoms with Crippen molar-refractivity contribution in [1.29, 1.82) is 0 Å². The van der Waals surface area contributed by atoms with Gasteiger partial charge in [0.25, 0.3) is 0 Å². The Morgan fingerprint density at radius 1 is 0.857 bits per heavy atom. The Balaban J connectivity index is 2.03. The van der Waals surface area contributed by atoms with Gasteiger partial charge < -0.3 is 18.9 Å². The minimum absolute atomic E-state index is 0.166. The molecule has 0 saturated carbocycles. The molecule has 0 aliphatic carbocycles. The Hall–Kier alpha value is -2.45. The van der Waals surface area contributed by atoms with Gasteiger partial charge in [0.05, 0.1) is 39.4 Å². The molecule has 7 nitrogen and oxygen atoms in total. The van der Waals surface area contributed by atoms with E-state index in [1.807, 2.05) is 6.07 Å². The van der Waals surface area contributed by atoms with Gasteiger partial charge in [0.15, 0.2) is 11.5 Å². The number of benzene rings is 2. The third-order valence-electron chi connectivity index (χ3n) is 4.96. The van der Waals surface area contributed by atoms with Gasteiger partial charge in [-0.15, -0.1) is 0 Å². The first-order valence-electron chi connectivity index (χ1n) is 8.92. The Bertz CT molecular complexity index is 944. The maximum absolute atomic E-state index is 13.4. The van der Waals surface area contributed by atoms with Gasteiger partial charge in [0, 0.05) is 18.2 Å². The van der Waals surface area contributed by atoms with E-state index in [2.05, 4.69) is 0 Å². The molecule has 0 spiro atoms. The second kappa shape index (κ2) is 8.28. The van der Waals surface area contributed by atoms with Crippen LogP contribution < -0.4 is 18.9 Å². The van der Waals surface area contributed by atoms with E-state index in [0.29, 0.717) is 36.0 Å². The molecular weight excluding hydrogens is 382 g/mol. The van der Waals surface area contributed by atoms with Crippen LogP contribution in [0.2, 0.25) is 0 Å². The van der Waals surface area contributed by atoms with Crippen molar-refractivity contribution in [3.63, 3.8) is 0 Å². The summed E-state index contributed by atoms with van der Waals surface area (Å²) < 4.78 is 49.6. The molecule has 0 unspecified atom stereocenters. The van der Waals surface area contributed by atoms with Gasteiger partial charge in [-0.05, 0) is 43.2 Å². The summed E-state index contributed by atoms with van der Waals surface area (Å²) in [6, 6.07) is 9.73. The van der Waals surface area contributed by atoms with Gasteiger partial charge >= 0.3 is 0 Å². The normalized spacial score (nSPS) is 17.4. The average Bonchev–Trinajstić information content (AvgIpc) is 3.23. The van der Waals surface area contributed by atoms with Crippen molar-refractivity contribution in [2.45, 2.75) is 23.8 Å². The van der Waals surface area contributed by atoms with E-state index in [0.717, 1.165) is 12.0 Å². The van der Waals surface area contributed by atoms with Crippen molar-refractivity contribution in [3.8, 4) is 23.0 Å². The highest BCUT2D eigenvalue weighted by Gasteiger charge is 2.38. The van der Waals surface area contributed by atoms with Crippen molar-refractivity contribution in [2.24, 2.45) is 0 Å². The average molecular weight is 407 g/mol. The van der Waals surface area contributed by atoms with E-state index in [4.69, 9.17) is 18.9 Å². The fourth-order valence-electron chi connectivity index (χ4n) is 3.55. The molecule has 2 aromatic rings. The van der Waals surface area contributed by atoms with Gasteiger partial charge in [-0.2, -0.15) is 4.31 Å². The molecule has 0 radical (unpaired) electrons. The van der Waals surface area contributed by atoms with Gasteiger partial charge in [-0.1, -0.05) is 0 Å². The molecule has 0 bridgehead atoms. The zero-order valence-corrected chi connectivity index (χ0v) is 17.3. The molecule has 0 amide bonds. The van der Waals surface area contributed by atoms with Crippen LogP contribution in [0.4, 0.5) is 0 Å². The summed E-state index contributed by atoms with van der Waals surface area (Å²) in [6.45, 7) is 0.432. The SMILES string of the molecule is COc1ccc(OC)c([C@@H]2CCCN2S(=O)(=O)c2ccc(OC)c(OC)c2)c1. The zero-order valence-electron chi connectivity index (χ0n) is 16.5. The van der Waals surface area contributed by atoms with Crippen molar-refractivity contribution in [3.05, 3.63) is 42.0 Å². The molecule has 3 rings (SSSR count). The Morgan fingerprint density at radius 2 is 1.54 bits per heavy atom. The Kier molecular flexibility index (Phi) is 6.00. The van der Waals surface area contributed by atoms with Crippen LogP contribution in [0.1, 0.15) is 24.4 Å². The summed E-state index contributed by atoms with van der Waals surface area (Å²) in [5.74, 6) is 2.15. The first kappa shape index (κ1) is 20.3. The molecule has 1 fully saturated rings. The lowest BCUT2D eigenvalue weighted by Gasteiger charge is -2.26. The smallest absolute Gasteiger partial charge is 0.243 e. The lowest BCUT2D eigenvalue weighted by Crippen LogP contribution is -2.31. The summed E-state index contributed by atoms with van der Waals surface area (Å²) in [4.78, 5) is 0.166. The van der Waals surface area contributed by atoms with Crippen LogP contribution in [0.3, 0.4) is 0 Å². The fourth-order valence-corrected chi connectivity index (χ4v) is 5.24. The van der Waals surface area contributed by atoms with Gasteiger partial charge in [-0.25, -0.2) is 8.42 Å². The molecule has 1 heterocycles. The van der Waals surface area contributed by atoms with Crippen LogP contribution in [0.15, 0.2) is 41.3 Å². The van der Waals surface area contributed by atoms with Gasteiger partial charge in [0.2, 0.25) is 10.0 Å². The summed E-state index contributed by atoms with van der Waals surface area (Å²) in [6.07, 6.45) is 1.47. The summed E-state index contributed by atoms with van der Waals surface area (Å²) >= 11 is 0. The molecule has 28 heavy (non-hydrogen) atoms. The monoisotopic (exact) mass is 407 g/mol. The van der Waals surface area contributed by atoms with Crippen LogP contribution in [0.25, 0.3) is 0 Å². The van der Waals surface area contributed by atoms with Crippen molar-refractivity contribution >= 4 is 10.0 Å². The topological polar surface area (TPSA) is 74.3 Å². The maximum atomic E-state index is 13.4. The van der Waals surface area contributed by atoms with Crippen molar-refractivity contribution < 1.29 is 27.4 Å². The lowest BCUT2D eigenvalue weighted by atomic mass is 10.0. The molecule has 2 aromatic carbocycles. The predicted octanol–water partition coefficient (Wildman–Crippen LogP) is 3.25. The fraction of sp³-hybridized carbons (Fsp3) is 0.400. The quantitative estimate of drug-likeness (QED) is 0.701. The summed E-state index contributed by atoms with van der Waals surface area (Å²) in [5, 5.41) is 0. The standard InChI is InChI=1S/C20H25NO6S/c1-24-14-7-9-18(25-2)16(12-14)17-6-5-11-21(17)28(22,23)15-8-10-19(26-3)20(13-15)27-4/h7-10,12-13,17H,5-6,11H2,1-4H3/t17-/m0/s1. The van der Waals surface area contributed by atoms with E-state index < -0.39 is 10.0 Å². The molecule has 0 N–H and O–H groups in total. The van der Waals surface area contributed by atoms with Gasteiger partial charge in [0.1, 0.15) is 11.5 Å². The zero-order chi connectivity index (χ0) is 20.3. The van der Waals surface area contributed by atoms with Crippen LogP contribution in [0.5, 0.6) is 23.0 Å². The van der Waals surface area contributed by atoms with Crippen molar-refractivity contribution in [2.75, 3.05) is 35.0 Å². The molecule has 1 atom stereocenters. The number of hydrogen-bond acceptors (Lipinski definition) is 6. The van der Waals surface area contributed by atoms with E-state index in [9.17, 15) is 8.42 Å². The molecule has 1 aliphatic heterocycles. The molecule has 1 saturated heterocycles. The summed E-state index contributed by atoms with van der Waals surface area (Å²) in [5.41, 5.74) is 0.795. The van der Waals surface area contributed by atoms with Gasteiger partial charge in [-0.3, -0.25) is 0 Å². The highest BCUT2D eigenvalue weighted by molar-refractivity contribution is 7.89. The van der Waals surface area contributed by atoms with E-state index in [-0.39, 0.29) is 10.9 Å².